The van der Waals surface area contributed by atoms with Crippen molar-refractivity contribution in [2.24, 2.45) is 46.3 Å². The zero-order chi connectivity index (χ0) is 50.8. The van der Waals surface area contributed by atoms with Crippen LogP contribution in [0, 0.1) is 46.3 Å². The van der Waals surface area contributed by atoms with Gasteiger partial charge in [0.05, 0.1) is 43.7 Å². The minimum Gasteiger partial charge on any atom is -0.394 e. The molecule has 0 aromatic rings. The van der Waals surface area contributed by atoms with Crippen LogP contribution in [0.1, 0.15) is 106 Å². The highest BCUT2D eigenvalue weighted by molar-refractivity contribution is 5.26. The summed E-state index contributed by atoms with van der Waals surface area (Å²) in [6, 6.07) is 0. The maximum absolute atomic E-state index is 12.2. The van der Waals surface area contributed by atoms with E-state index in [2.05, 4.69) is 33.8 Å². The van der Waals surface area contributed by atoms with Crippen molar-refractivity contribution in [3.8, 4) is 0 Å². The third-order valence-corrected chi connectivity index (χ3v) is 19.7. The fourth-order valence-corrected chi connectivity index (χ4v) is 15.4. The smallest absolute Gasteiger partial charge is 0.187 e. The summed E-state index contributed by atoms with van der Waals surface area (Å²) in [6.07, 6.45) is -19.0. The number of aliphatic hydroxyl groups excluding tert-OH is 10. The minimum absolute atomic E-state index is 0.0569. The Morgan fingerprint density at radius 3 is 1.82 bits per heavy atom. The molecular formula is C51H82O20. The molecule has 9 fully saturated rings. The van der Waals surface area contributed by atoms with Crippen molar-refractivity contribution < 1.29 is 98.4 Å². The van der Waals surface area contributed by atoms with Crippen LogP contribution < -0.4 is 0 Å². The van der Waals surface area contributed by atoms with Crippen LogP contribution in [0.2, 0.25) is 0 Å². The van der Waals surface area contributed by atoms with Crippen molar-refractivity contribution >= 4 is 0 Å². The van der Waals surface area contributed by atoms with Gasteiger partial charge >= 0.3 is 0 Å². The van der Waals surface area contributed by atoms with Gasteiger partial charge in [0.1, 0.15) is 79.4 Å². The summed E-state index contributed by atoms with van der Waals surface area (Å²) >= 11 is 0. The monoisotopic (exact) mass is 1010 g/mol. The van der Waals surface area contributed by atoms with Crippen LogP contribution in [0.25, 0.3) is 0 Å². The Balaban J connectivity index is 0.836. The summed E-state index contributed by atoms with van der Waals surface area (Å²) in [5.74, 6) is 2.46. The topological polar surface area (TPSA) is 295 Å². The molecule has 20 heteroatoms. The second-order valence-corrected chi connectivity index (χ2v) is 23.8. The third kappa shape index (κ3) is 9.03. The van der Waals surface area contributed by atoms with Gasteiger partial charge < -0.3 is 98.4 Å². The Morgan fingerprint density at radius 2 is 1.20 bits per heavy atom. The van der Waals surface area contributed by atoms with Crippen molar-refractivity contribution in [2.75, 3.05) is 13.2 Å². The van der Waals surface area contributed by atoms with Crippen molar-refractivity contribution in [1.82, 2.24) is 0 Å². The lowest BCUT2D eigenvalue weighted by molar-refractivity contribution is -0.394. The Bertz CT molecular complexity index is 1890. The van der Waals surface area contributed by atoms with E-state index in [1.165, 1.54) is 26.3 Å². The molecule has 10 rings (SSSR count). The van der Waals surface area contributed by atoms with Gasteiger partial charge in [-0.1, -0.05) is 39.3 Å². The number of fused-ring (bicyclic) bond motifs is 7. The molecule has 6 heterocycles. The van der Waals surface area contributed by atoms with Crippen molar-refractivity contribution in [2.45, 2.75) is 247 Å². The van der Waals surface area contributed by atoms with Gasteiger partial charge in [-0.25, -0.2) is 0 Å². The predicted octanol–water partition coefficient (Wildman–Crippen LogP) is 0.0935. The second-order valence-electron chi connectivity index (χ2n) is 23.8. The molecule has 4 aliphatic carbocycles. The molecule has 6 aliphatic heterocycles. The Kier molecular flexibility index (Phi) is 15.1. The van der Waals surface area contributed by atoms with E-state index in [4.69, 9.17) is 47.4 Å². The van der Waals surface area contributed by atoms with Crippen LogP contribution in [0.4, 0.5) is 0 Å². The van der Waals surface area contributed by atoms with E-state index in [1.54, 1.807) is 0 Å². The van der Waals surface area contributed by atoms with E-state index in [0.29, 0.717) is 48.3 Å². The molecule has 20 nitrogen and oxygen atoms in total. The quantitative estimate of drug-likeness (QED) is 0.137. The van der Waals surface area contributed by atoms with Gasteiger partial charge in [-0.3, -0.25) is 0 Å². The average molecular weight is 1020 g/mol. The molecule has 0 radical (unpaired) electrons. The van der Waals surface area contributed by atoms with Crippen LogP contribution in [0.3, 0.4) is 0 Å². The van der Waals surface area contributed by atoms with E-state index < -0.39 is 141 Å². The Labute approximate surface area is 415 Å². The fourth-order valence-electron chi connectivity index (χ4n) is 15.4. The lowest BCUT2D eigenvalue weighted by atomic mass is 9.47. The second kappa shape index (κ2) is 20.1. The van der Waals surface area contributed by atoms with Gasteiger partial charge in [-0.2, -0.15) is 0 Å². The molecular weight excluding hydrogens is 933 g/mol. The lowest BCUT2D eigenvalue weighted by Crippen LogP contribution is -2.67. The van der Waals surface area contributed by atoms with Gasteiger partial charge in [-0.05, 0) is 113 Å². The van der Waals surface area contributed by atoms with Crippen molar-refractivity contribution in [3.05, 3.63) is 11.6 Å². The molecule has 1 spiro atoms. The molecule has 406 valence electrons. The number of ether oxygens (including phenoxy) is 10. The number of rotatable bonds is 9. The zero-order valence-electron chi connectivity index (χ0n) is 42.1. The highest BCUT2D eigenvalue weighted by atomic mass is 16.8. The SMILES string of the molecule is C[C@H]1CC[C@]2(OC1)O[C@H]1C[C@H]3[C@@H]4CC=C5C[C@@H](O[C@@H]6O[C@H](CO)[C@@H](O[C@@H]7O[C@@H](C)[C@H](O[C@@H]8O[C@@H](C)[C@H](O)[C@@H](O)[C@H]8O)[C@@H](O)[C@H]7O)[C@H](O)[C@H]6O[C@@H]6O[C@@H](C)[C@H](O)[C@@H](O)[C@H]6O)CC[C@]5(C)[C@H]4CC[C@]3(C)[C@H]1[C@@H]2C. The van der Waals surface area contributed by atoms with Crippen LogP contribution >= 0.6 is 0 Å². The van der Waals surface area contributed by atoms with Crippen molar-refractivity contribution in [1.29, 1.82) is 0 Å². The molecule has 0 unspecified atom stereocenters. The van der Waals surface area contributed by atoms with Crippen molar-refractivity contribution in [3.63, 3.8) is 0 Å². The average Bonchev–Trinajstić information content (AvgIpc) is 3.79. The Morgan fingerprint density at radius 1 is 0.592 bits per heavy atom. The maximum Gasteiger partial charge on any atom is 0.187 e. The summed E-state index contributed by atoms with van der Waals surface area (Å²) in [5, 5.41) is 109. The minimum atomic E-state index is -1.85. The first-order valence-corrected chi connectivity index (χ1v) is 26.6. The Hall–Kier alpha value is -1.06. The molecule has 10 aliphatic rings. The van der Waals surface area contributed by atoms with Gasteiger partial charge in [0.2, 0.25) is 0 Å². The molecule has 3 saturated carbocycles. The van der Waals surface area contributed by atoms with Crippen LogP contribution in [-0.4, -0.2) is 205 Å². The van der Waals surface area contributed by atoms with Crippen LogP contribution in [0.15, 0.2) is 11.6 Å². The van der Waals surface area contributed by atoms with E-state index in [9.17, 15) is 51.1 Å². The number of hydrogen-bond acceptors (Lipinski definition) is 20. The van der Waals surface area contributed by atoms with Crippen LogP contribution in [0.5, 0.6) is 0 Å². The van der Waals surface area contributed by atoms with Gasteiger partial charge in [0, 0.05) is 12.3 Å². The normalized spacial score (nSPS) is 58.4. The molecule has 0 aromatic carbocycles. The molecule has 71 heavy (non-hydrogen) atoms. The van der Waals surface area contributed by atoms with Crippen LogP contribution in [-0.2, 0) is 47.4 Å². The molecule has 10 N–H and O–H groups in total. The maximum atomic E-state index is 12.2. The molecule has 0 amide bonds. The van der Waals surface area contributed by atoms with E-state index in [0.717, 1.165) is 51.6 Å². The fraction of sp³-hybridized carbons (Fsp3) is 0.961. The number of hydrogen-bond donors (Lipinski definition) is 10. The first-order valence-electron chi connectivity index (χ1n) is 26.6. The van der Waals surface area contributed by atoms with E-state index in [1.807, 2.05) is 0 Å². The number of allylic oxidation sites excluding steroid dienone is 1. The number of aliphatic hydroxyl groups is 10. The van der Waals surface area contributed by atoms with E-state index in [-0.39, 0.29) is 16.9 Å². The summed E-state index contributed by atoms with van der Waals surface area (Å²) in [4.78, 5) is 0. The first kappa shape index (κ1) is 53.3. The predicted molar refractivity (Wildman–Crippen MR) is 244 cm³/mol. The van der Waals surface area contributed by atoms with Gasteiger partial charge in [0.25, 0.3) is 0 Å². The molecule has 0 bridgehead atoms. The third-order valence-electron chi connectivity index (χ3n) is 19.7. The lowest BCUT2D eigenvalue weighted by Gasteiger charge is -2.59. The molecule has 0 aromatic heterocycles. The summed E-state index contributed by atoms with van der Waals surface area (Å²) in [7, 11) is 0. The molecule has 31 atom stereocenters. The highest BCUT2D eigenvalue weighted by Crippen LogP contribution is 2.71. The first-order chi connectivity index (χ1) is 33.6. The molecule has 6 saturated heterocycles. The highest BCUT2D eigenvalue weighted by Gasteiger charge is 2.69. The van der Waals surface area contributed by atoms with E-state index >= 15 is 0 Å². The summed E-state index contributed by atoms with van der Waals surface area (Å²) < 4.78 is 62.2. The summed E-state index contributed by atoms with van der Waals surface area (Å²) in [6.45, 7) is 14.1. The largest absolute Gasteiger partial charge is 0.394 e. The van der Waals surface area contributed by atoms with Gasteiger partial charge in [0.15, 0.2) is 30.9 Å². The van der Waals surface area contributed by atoms with Gasteiger partial charge in [-0.15, -0.1) is 0 Å². The summed E-state index contributed by atoms with van der Waals surface area (Å²) in [5.41, 5.74) is 1.44. The zero-order valence-corrected chi connectivity index (χ0v) is 42.1. The standard InChI is InChI=1S/C51H82O20/c1-20-10-15-51(62-19-20)21(2)32-30(71-51)17-29-27-9-8-25-16-26(11-13-49(25,6)28(27)12-14-50(29,32)7)66-48-44(70-46-39(59)36(56)34(54)23(4)64-46)41(61)43(31(18-52)67-48)69-47-40(60)37(57)42(24(5)65-47)68-45-38(58)35(55)33(53)22(3)63-45/h8,20-24,26-48,52-61H,9-19H2,1-7H3/t20-,21-,22-,23-,24-,26-,27+,28-,29-,30-,31+,32-,33-,34-,35+,36+,37-,38+,39+,40+,41-,42-,43+,44+,45-,46-,47-,48+,49-,50-,51-/m0/s1.